The topological polar surface area (TPSA) is 87.1 Å². The van der Waals surface area contributed by atoms with Gasteiger partial charge in [-0.05, 0) is 24.1 Å². The number of rotatable bonds is 7. The van der Waals surface area contributed by atoms with Crippen LogP contribution in [0.3, 0.4) is 0 Å². The lowest BCUT2D eigenvalue weighted by Crippen LogP contribution is -2.30. The van der Waals surface area contributed by atoms with Gasteiger partial charge in [0, 0.05) is 13.5 Å². The Bertz CT molecular complexity index is 548. The first-order chi connectivity index (χ1) is 9.69. The Morgan fingerprint density at radius 2 is 2.00 bits per heavy atom. The maximum Gasteiger partial charge on any atom is 0.325 e. The summed E-state index contributed by atoms with van der Waals surface area (Å²) >= 11 is 11.7. The second-order valence-corrected chi connectivity index (χ2v) is 6.98. The minimum atomic E-state index is -4.07. The van der Waals surface area contributed by atoms with E-state index < -0.39 is 7.60 Å². The summed E-state index contributed by atoms with van der Waals surface area (Å²) in [5.41, 5.74) is 0.727. The van der Waals surface area contributed by atoms with Crippen LogP contribution in [0.5, 0.6) is 0 Å². The average molecular weight is 356 g/mol. The highest BCUT2D eigenvalue weighted by atomic mass is 35.5. The highest BCUT2D eigenvalue weighted by Gasteiger charge is 2.15. The fourth-order valence-electron chi connectivity index (χ4n) is 1.52. The monoisotopic (exact) mass is 355 g/mol. The number of nitrogens with zero attached hydrogens (tertiary/aromatic N) is 1. The van der Waals surface area contributed by atoms with Crippen LogP contribution in [-0.2, 0) is 20.8 Å². The highest BCUT2D eigenvalue weighted by Crippen LogP contribution is 2.34. The molecule has 118 valence electrons. The smallest absolute Gasteiger partial charge is 0.324 e. The molecular weight excluding hydrogens is 340 g/mol. The van der Waals surface area contributed by atoms with Crippen LogP contribution in [0.2, 0.25) is 10.0 Å². The van der Waals surface area contributed by atoms with Gasteiger partial charge in [-0.1, -0.05) is 29.3 Å². The van der Waals surface area contributed by atoms with Crippen LogP contribution in [0.1, 0.15) is 18.9 Å². The summed E-state index contributed by atoms with van der Waals surface area (Å²) in [5.74, 6) is -0.347. The van der Waals surface area contributed by atoms with E-state index >= 15 is 0 Å². The van der Waals surface area contributed by atoms with Crippen molar-refractivity contribution in [2.24, 2.45) is 0 Å². The maximum atomic E-state index is 11.4. The summed E-state index contributed by atoms with van der Waals surface area (Å²) in [5, 5.41) is 1.87. The Hall–Kier alpha value is -0.620. The number of hydrogen-bond donors (Lipinski definition) is 2. The largest absolute Gasteiger partial charge is 0.325 e. The number of carbonyl (C=O) groups excluding carboxylic acids is 1. The summed E-state index contributed by atoms with van der Waals surface area (Å²) < 4.78 is 10.8. The van der Waals surface area contributed by atoms with Crippen LogP contribution in [0.25, 0.3) is 0 Å². The van der Waals surface area contributed by atoms with Crippen LogP contribution in [-0.4, -0.2) is 33.5 Å². The molecule has 0 aromatic heterocycles. The normalized spacial score (nSPS) is 11.5. The van der Waals surface area contributed by atoms with Gasteiger partial charge in [0.15, 0.2) is 0 Å². The van der Waals surface area contributed by atoms with Crippen molar-refractivity contribution < 1.29 is 24.0 Å². The standard InChI is InChI=1S/C12H16Cl2NO5P/c1-9(16)15(5-2-6-21(17,18)19)20-8-10-3-4-11(13)12(14)7-10/h3-4,7H,2,5-6,8H2,1H3,(H2,17,18,19). The molecule has 0 bridgehead atoms. The molecule has 0 fully saturated rings. The number of carbonyl (C=O) groups is 1. The Morgan fingerprint density at radius 1 is 1.33 bits per heavy atom. The molecule has 0 atom stereocenters. The summed E-state index contributed by atoms with van der Waals surface area (Å²) in [6, 6.07) is 4.95. The lowest BCUT2D eigenvalue weighted by atomic mass is 10.2. The molecule has 0 saturated heterocycles. The second-order valence-electron chi connectivity index (χ2n) is 4.38. The molecule has 0 heterocycles. The first kappa shape index (κ1) is 18.4. The first-order valence-electron chi connectivity index (χ1n) is 6.08. The zero-order chi connectivity index (χ0) is 16.0. The molecular formula is C12H16Cl2NO5P. The number of benzene rings is 1. The zero-order valence-electron chi connectivity index (χ0n) is 11.3. The predicted octanol–water partition coefficient (Wildman–Crippen LogP) is 2.84. The first-order valence-corrected chi connectivity index (χ1v) is 8.64. The molecule has 0 saturated carbocycles. The van der Waals surface area contributed by atoms with Crippen molar-refractivity contribution in [3.8, 4) is 0 Å². The van der Waals surface area contributed by atoms with Crippen LogP contribution in [0.15, 0.2) is 18.2 Å². The molecule has 0 aliphatic carbocycles. The molecule has 1 aromatic rings. The van der Waals surface area contributed by atoms with Gasteiger partial charge in [0.25, 0.3) is 0 Å². The summed E-state index contributed by atoms with van der Waals surface area (Å²) in [4.78, 5) is 34.3. The third-order valence-electron chi connectivity index (χ3n) is 2.53. The number of amides is 1. The van der Waals surface area contributed by atoms with Crippen molar-refractivity contribution in [2.75, 3.05) is 12.7 Å². The molecule has 6 nitrogen and oxygen atoms in total. The second kappa shape index (κ2) is 8.13. The van der Waals surface area contributed by atoms with Crippen molar-refractivity contribution in [1.82, 2.24) is 5.06 Å². The van der Waals surface area contributed by atoms with E-state index in [0.717, 1.165) is 10.6 Å². The van der Waals surface area contributed by atoms with Crippen molar-refractivity contribution in [1.29, 1.82) is 0 Å². The van der Waals surface area contributed by atoms with Crippen LogP contribution >= 0.6 is 30.8 Å². The van der Waals surface area contributed by atoms with Gasteiger partial charge in [-0.15, -0.1) is 0 Å². The number of hydrogen-bond acceptors (Lipinski definition) is 3. The van der Waals surface area contributed by atoms with Gasteiger partial charge in [0.05, 0.1) is 16.2 Å². The lowest BCUT2D eigenvalue weighted by molar-refractivity contribution is -0.189. The van der Waals surface area contributed by atoms with Gasteiger partial charge in [0.1, 0.15) is 6.61 Å². The third-order valence-corrected chi connectivity index (χ3v) is 4.17. The van der Waals surface area contributed by atoms with E-state index in [0.29, 0.717) is 10.0 Å². The van der Waals surface area contributed by atoms with Gasteiger partial charge in [-0.25, -0.2) is 5.06 Å². The van der Waals surface area contributed by atoms with E-state index in [2.05, 4.69) is 0 Å². The molecule has 21 heavy (non-hydrogen) atoms. The quantitative estimate of drug-likeness (QED) is 0.580. The number of halogens is 2. The Kier molecular flexibility index (Phi) is 7.13. The minimum absolute atomic E-state index is 0.0990. The third kappa shape index (κ3) is 7.27. The molecule has 0 aliphatic rings. The van der Waals surface area contributed by atoms with Crippen LogP contribution in [0.4, 0.5) is 0 Å². The summed E-state index contributed by atoms with van der Waals surface area (Å²) in [6.07, 6.45) is -0.155. The molecule has 2 N–H and O–H groups in total. The van der Waals surface area contributed by atoms with Gasteiger partial charge in [-0.2, -0.15) is 0 Å². The Labute approximate surface area is 132 Å². The highest BCUT2D eigenvalue weighted by molar-refractivity contribution is 7.51. The van der Waals surface area contributed by atoms with Gasteiger partial charge in [-0.3, -0.25) is 14.2 Å². The van der Waals surface area contributed by atoms with E-state index in [4.69, 9.17) is 37.8 Å². The SMILES string of the molecule is CC(=O)N(CCCP(=O)(O)O)OCc1ccc(Cl)c(Cl)c1. The van der Waals surface area contributed by atoms with E-state index in [9.17, 15) is 9.36 Å². The van der Waals surface area contributed by atoms with E-state index in [1.807, 2.05) is 0 Å². The molecule has 1 amide bonds. The molecule has 0 radical (unpaired) electrons. The summed E-state index contributed by atoms with van der Waals surface area (Å²) in [6.45, 7) is 1.51. The maximum absolute atomic E-state index is 11.4. The molecule has 9 heteroatoms. The van der Waals surface area contributed by atoms with E-state index in [1.165, 1.54) is 6.92 Å². The van der Waals surface area contributed by atoms with Crippen molar-refractivity contribution in [3.63, 3.8) is 0 Å². The van der Waals surface area contributed by atoms with Crippen molar-refractivity contribution >= 4 is 36.7 Å². The predicted molar refractivity (Wildman–Crippen MR) is 80.2 cm³/mol. The van der Waals surface area contributed by atoms with E-state index in [1.54, 1.807) is 18.2 Å². The Morgan fingerprint density at radius 3 is 2.52 bits per heavy atom. The number of hydroxylamine groups is 2. The molecule has 0 aliphatic heterocycles. The molecule has 1 aromatic carbocycles. The zero-order valence-corrected chi connectivity index (χ0v) is 13.7. The fourth-order valence-corrected chi connectivity index (χ4v) is 2.39. The van der Waals surface area contributed by atoms with Crippen LogP contribution in [0, 0.1) is 0 Å². The Balaban J connectivity index is 2.52. The minimum Gasteiger partial charge on any atom is -0.324 e. The molecule has 1 rings (SSSR count). The van der Waals surface area contributed by atoms with E-state index in [-0.39, 0.29) is 31.6 Å². The molecule has 0 unspecified atom stereocenters. The molecule has 0 spiro atoms. The van der Waals surface area contributed by atoms with Gasteiger partial charge in [0.2, 0.25) is 5.91 Å². The lowest BCUT2D eigenvalue weighted by Gasteiger charge is -2.20. The van der Waals surface area contributed by atoms with Gasteiger partial charge < -0.3 is 9.79 Å². The van der Waals surface area contributed by atoms with Crippen molar-refractivity contribution in [2.45, 2.75) is 20.0 Å². The van der Waals surface area contributed by atoms with Crippen LogP contribution < -0.4 is 0 Å². The average Bonchev–Trinajstić information content (AvgIpc) is 2.35. The van der Waals surface area contributed by atoms with Gasteiger partial charge >= 0.3 is 7.60 Å². The summed E-state index contributed by atoms with van der Waals surface area (Å²) in [7, 11) is -4.07. The fraction of sp³-hybridized carbons (Fsp3) is 0.417. The van der Waals surface area contributed by atoms with Crippen molar-refractivity contribution in [3.05, 3.63) is 33.8 Å².